The Kier molecular flexibility index (Phi) is 8.48. The molecule has 0 spiro atoms. The molecule has 1 aliphatic heterocycles. The maximum atomic E-state index is 3.53. The van der Waals surface area contributed by atoms with Crippen molar-refractivity contribution in [2.24, 2.45) is 0 Å². The van der Waals surface area contributed by atoms with E-state index in [4.69, 9.17) is 0 Å². The average molecular weight is 285 g/mol. The zero-order chi connectivity index (χ0) is 10.3. The molecule has 2 rings (SSSR count). The summed E-state index contributed by atoms with van der Waals surface area (Å²) in [5.41, 5.74) is 2.86. The molecule has 0 saturated carbocycles. The van der Waals surface area contributed by atoms with Crippen molar-refractivity contribution < 1.29 is 21.7 Å². The van der Waals surface area contributed by atoms with Crippen molar-refractivity contribution in [1.82, 2.24) is 9.80 Å². The Hall–Kier alpha value is 0.0112. The van der Waals surface area contributed by atoms with E-state index in [9.17, 15) is 0 Å². The molecular weight excluding hydrogens is 260 g/mol. The number of hydrogen-bond donors (Lipinski definition) is 0. The van der Waals surface area contributed by atoms with Gasteiger partial charge in [-0.3, -0.25) is 0 Å². The maximum Gasteiger partial charge on any atom is 3.00 e. The molecule has 2 aliphatic rings. The summed E-state index contributed by atoms with van der Waals surface area (Å²) in [6, 6.07) is 0. The molecule has 2 nitrogen and oxygen atoms in total. The van der Waals surface area contributed by atoms with Crippen molar-refractivity contribution in [3.63, 3.8) is 0 Å². The van der Waals surface area contributed by atoms with Crippen LogP contribution < -0.4 is 0 Å². The topological polar surface area (TPSA) is 6.48 Å². The quantitative estimate of drug-likeness (QED) is 0.538. The minimum absolute atomic E-state index is 0. The van der Waals surface area contributed by atoms with Crippen LogP contribution in [0.25, 0.3) is 0 Å². The fraction of sp³-hybridized carbons (Fsp3) is 0.538. The molecule has 0 unspecified atom stereocenters. The molecule has 0 N–H and O–H groups in total. The molecule has 1 saturated heterocycles. The van der Waals surface area contributed by atoms with Gasteiger partial charge in [0.05, 0.1) is 0 Å². The third kappa shape index (κ3) is 3.49. The number of piperazine rings is 1. The van der Waals surface area contributed by atoms with E-state index < -0.39 is 8.80 Å². The van der Waals surface area contributed by atoms with Crippen LogP contribution in [0.2, 0.25) is 13.1 Å². The normalized spacial score (nSPS) is 18.1. The van der Waals surface area contributed by atoms with Crippen LogP contribution >= 0.6 is 0 Å². The molecule has 0 bridgehead atoms. The summed E-state index contributed by atoms with van der Waals surface area (Å²) in [6.07, 6.45) is 4.62. The van der Waals surface area contributed by atoms with Crippen LogP contribution in [0, 0.1) is 20.9 Å². The summed E-state index contributed by atoms with van der Waals surface area (Å²) in [5.74, 6) is 0. The predicted molar refractivity (Wildman–Crippen MR) is 75.4 cm³/mol. The molecule has 1 heterocycles. The number of rotatable bonds is 1. The summed E-state index contributed by atoms with van der Waals surface area (Å²) in [5, 5.41) is 1.69. The van der Waals surface area contributed by atoms with Gasteiger partial charge in [-0.15, -0.1) is 12.1 Å². The van der Waals surface area contributed by atoms with Crippen LogP contribution in [-0.4, -0.2) is 45.8 Å². The fourth-order valence-electron chi connectivity index (χ4n) is 2.24. The number of nitrogens with zero attached hydrogens (tertiary/aromatic N) is 2. The smallest absolute Gasteiger partial charge is 0.448 e. The van der Waals surface area contributed by atoms with E-state index in [-0.39, 0.29) is 36.6 Å². The largest absolute Gasteiger partial charge is 3.00 e. The maximum absolute atomic E-state index is 3.53. The van der Waals surface area contributed by atoms with Gasteiger partial charge in [-0.05, 0) is 7.05 Å². The third-order valence-corrected chi connectivity index (χ3v) is 5.08. The fourth-order valence-corrected chi connectivity index (χ4v) is 3.66. The van der Waals surface area contributed by atoms with Crippen LogP contribution in [0.15, 0.2) is 16.6 Å². The van der Waals surface area contributed by atoms with E-state index in [0.29, 0.717) is 0 Å². The van der Waals surface area contributed by atoms with Gasteiger partial charge in [-0.1, -0.05) is 18.8 Å². The molecule has 0 aromatic carbocycles. The summed E-state index contributed by atoms with van der Waals surface area (Å²) >= 11 is 0. The second-order valence-electron chi connectivity index (χ2n) is 4.57. The van der Waals surface area contributed by atoms with Gasteiger partial charge in [0.15, 0.2) is 0 Å². The number of fused-ring (bicyclic) bond motifs is 1. The van der Waals surface area contributed by atoms with Crippen molar-refractivity contribution in [2.75, 3.05) is 27.2 Å². The second-order valence-corrected chi connectivity index (χ2v) is 7.58. The molecular formula is C13H25N2SiTi. The van der Waals surface area contributed by atoms with Gasteiger partial charge in [0.1, 0.15) is 0 Å². The van der Waals surface area contributed by atoms with Gasteiger partial charge in [-0.25, -0.2) is 6.08 Å². The van der Waals surface area contributed by atoms with Crippen LogP contribution in [-0.2, 0) is 21.7 Å². The van der Waals surface area contributed by atoms with E-state index in [1.54, 1.807) is 5.20 Å². The standard InChI is InChI=1S/C11H19N2Si.2CH3.Ti/c1-12-7-8-13(2)11-9(12)5-6-10(11)14(3)4;;;/h14H,6-8H2,1-4H3;2*1H3;/q3*-1;+3. The molecule has 95 valence electrons. The van der Waals surface area contributed by atoms with Gasteiger partial charge >= 0.3 is 21.7 Å². The predicted octanol–water partition coefficient (Wildman–Crippen LogP) is 2.13. The number of hydrogen-bond acceptors (Lipinski definition) is 2. The Labute approximate surface area is 124 Å². The van der Waals surface area contributed by atoms with Crippen molar-refractivity contribution in [3.8, 4) is 0 Å². The SMILES string of the molecule is CN1CCN(C)C2=C([SiH](C)C)C[C-]=C21.[CH3-].[CH3-].[Ti+3]. The molecule has 0 atom stereocenters. The van der Waals surface area contributed by atoms with Gasteiger partial charge in [-0.2, -0.15) is 5.20 Å². The van der Waals surface area contributed by atoms with Crippen molar-refractivity contribution >= 4 is 8.80 Å². The summed E-state index contributed by atoms with van der Waals surface area (Å²) in [6.45, 7) is 7.11. The first-order valence-corrected chi connectivity index (χ1v) is 8.26. The summed E-state index contributed by atoms with van der Waals surface area (Å²) < 4.78 is 0. The molecule has 17 heavy (non-hydrogen) atoms. The second kappa shape index (κ2) is 7.45. The number of likely N-dealkylation sites (N-methyl/N-ethyl adjacent to an activating group) is 2. The molecule has 1 radical (unpaired) electrons. The van der Waals surface area contributed by atoms with E-state index in [2.05, 4.69) is 43.1 Å². The van der Waals surface area contributed by atoms with Crippen LogP contribution in [0.1, 0.15) is 6.42 Å². The van der Waals surface area contributed by atoms with E-state index in [1.165, 1.54) is 11.4 Å². The van der Waals surface area contributed by atoms with E-state index in [0.717, 1.165) is 19.5 Å². The van der Waals surface area contributed by atoms with E-state index >= 15 is 0 Å². The molecule has 0 aromatic rings. The van der Waals surface area contributed by atoms with Crippen molar-refractivity contribution in [1.29, 1.82) is 0 Å². The Bertz CT molecular complexity index is 311. The zero-order valence-electron chi connectivity index (χ0n) is 12.1. The van der Waals surface area contributed by atoms with Crippen LogP contribution in [0.3, 0.4) is 0 Å². The van der Waals surface area contributed by atoms with Crippen LogP contribution in [0.5, 0.6) is 0 Å². The molecule has 0 aromatic heterocycles. The van der Waals surface area contributed by atoms with Crippen LogP contribution in [0.4, 0.5) is 0 Å². The van der Waals surface area contributed by atoms with Gasteiger partial charge in [0, 0.05) is 28.9 Å². The summed E-state index contributed by atoms with van der Waals surface area (Å²) in [7, 11) is 3.74. The van der Waals surface area contributed by atoms with Gasteiger partial charge in [0.25, 0.3) is 0 Å². The first-order valence-electron chi connectivity index (χ1n) is 5.37. The Morgan fingerprint density at radius 3 is 2.12 bits per heavy atom. The number of allylic oxidation sites excluding steroid dienone is 2. The Morgan fingerprint density at radius 2 is 1.59 bits per heavy atom. The first-order chi connectivity index (χ1) is 6.61. The Balaban J connectivity index is 0. The average Bonchev–Trinajstić information content (AvgIpc) is 2.56. The van der Waals surface area contributed by atoms with Crippen molar-refractivity contribution in [2.45, 2.75) is 19.5 Å². The molecule has 1 fully saturated rings. The summed E-state index contributed by atoms with van der Waals surface area (Å²) in [4.78, 5) is 4.76. The minimum atomic E-state index is -0.655. The molecule has 0 amide bonds. The van der Waals surface area contributed by atoms with Gasteiger partial charge < -0.3 is 24.7 Å². The Morgan fingerprint density at radius 1 is 1.06 bits per heavy atom. The first kappa shape index (κ1) is 19.4. The third-order valence-electron chi connectivity index (χ3n) is 3.21. The minimum Gasteiger partial charge on any atom is -0.448 e. The zero-order valence-corrected chi connectivity index (χ0v) is 14.8. The monoisotopic (exact) mass is 285 g/mol. The van der Waals surface area contributed by atoms with E-state index in [1.807, 2.05) is 0 Å². The van der Waals surface area contributed by atoms with Crippen molar-refractivity contribution in [3.05, 3.63) is 37.5 Å². The molecule has 4 heteroatoms. The molecule has 1 aliphatic carbocycles. The van der Waals surface area contributed by atoms with Gasteiger partial charge in [0.2, 0.25) is 0 Å².